The number of aliphatic hydroxyl groups is 1. The van der Waals surface area contributed by atoms with Gasteiger partial charge >= 0.3 is 5.97 Å². The lowest BCUT2D eigenvalue weighted by Gasteiger charge is -2.72. The van der Waals surface area contributed by atoms with Crippen molar-refractivity contribution in [1.29, 1.82) is 0 Å². The summed E-state index contributed by atoms with van der Waals surface area (Å²) in [5.41, 5.74) is 4.65. The van der Waals surface area contributed by atoms with Crippen molar-refractivity contribution in [3.63, 3.8) is 0 Å². The molecule has 7 nitrogen and oxygen atoms in total. The maximum absolute atomic E-state index is 13.9. The second-order valence-electron chi connectivity index (χ2n) is 19.2. The monoisotopic (exact) mass is 699 g/mol. The molecule has 0 radical (unpaired) electrons. The lowest BCUT2D eigenvalue weighted by molar-refractivity contribution is -0.219. The smallest absolute Gasteiger partial charge is 0.335 e. The Kier molecular flexibility index (Phi) is 9.49. The number of amides is 1. The largest absolute Gasteiger partial charge is 0.478 e. The highest BCUT2D eigenvalue weighted by molar-refractivity contribution is 5.88. The van der Waals surface area contributed by atoms with Crippen molar-refractivity contribution in [1.82, 2.24) is 15.1 Å². The summed E-state index contributed by atoms with van der Waals surface area (Å²) in [7, 11) is 0. The van der Waals surface area contributed by atoms with Crippen LogP contribution in [0.2, 0.25) is 0 Å². The van der Waals surface area contributed by atoms with Gasteiger partial charge in [0.25, 0.3) is 0 Å². The van der Waals surface area contributed by atoms with Gasteiger partial charge in [-0.25, -0.2) is 4.79 Å². The molecule has 5 fully saturated rings. The number of carbonyl (C=O) groups excluding carboxylic acids is 1. The highest BCUT2D eigenvalue weighted by atomic mass is 16.4. The van der Waals surface area contributed by atoms with E-state index in [0.29, 0.717) is 48.2 Å². The zero-order valence-corrected chi connectivity index (χ0v) is 32.4. The molecule has 0 spiro atoms. The van der Waals surface area contributed by atoms with Crippen molar-refractivity contribution in [3.05, 3.63) is 53.6 Å². The van der Waals surface area contributed by atoms with E-state index in [9.17, 15) is 19.8 Å². The van der Waals surface area contributed by atoms with Crippen molar-refractivity contribution in [2.45, 2.75) is 105 Å². The van der Waals surface area contributed by atoms with Crippen LogP contribution in [0.1, 0.15) is 115 Å². The summed E-state index contributed by atoms with van der Waals surface area (Å²) < 4.78 is 0. The highest BCUT2D eigenvalue weighted by Gasteiger charge is 2.70. The van der Waals surface area contributed by atoms with E-state index in [2.05, 4.69) is 69.3 Å². The second kappa shape index (κ2) is 13.1. The Balaban J connectivity index is 1.14. The minimum Gasteiger partial charge on any atom is -0.478 e. The van der Waals surface area contributed by atoms with Gasteiger partial charge in [0.1, 0.15) is 0 Å². The van der Waals surface area contributed by atoms with Gasteiger partial charge < -0.3 is 15.5 Å². The molecule has 51 heavy (non-hydrogen) atoms. The molecule has 7 rings (SSSR count). The van der Waals surface area contributed by atoms with Crippen LogP contribution >= 0.6 is 0 Å². The van der Waals surface area contributed by atoms with Crippen LogP contribution in [-0.4, -0.2) is 83.3 Å². The van der Waals surface area contributed by atoms with Crippen LogP contribution in [0.15, 0.2) is 42.5 Å². The van der Waals surface area contributed by atoms with Crippen molar-refractivity contribution in [2.24, 2.45) is 51.2 Å². The number of piperazine rings is 1. The van der Waals surface area contributed by atoms with Crippen molar-refractivity contribution in [3.8, 4) is 0 Å². The van der Waals surface area contributed by atoms with Gasteiger partial charge in [-0.05, 0) is 139 Å². The Hall–Kier alpha value is -2.48. The molecule has 7 heteroatoms. The molecule has 1 saturated heterocycles. The Bertz CT molecular complexity index is 1560. The number of allylic oxidation sites excluding steroid dienone is 3. The third-order valence-electron chi connectivity index (χ3n) is 16.7. The molecule has 0 bridgehead atoms. The molecule has 0 aromatic heterocycles. The van der Waals surface area contributed by atoms with E-state index in [4.69, 9.17) is 0 Å². The molecule has 1 aromatic carbocycles. The number of fused-ring (bicyclic) bond motifs is 7. The number of carboxylic acid groups (broad SMARTS) is 1. The Morgan fingerprint density at radius 2 is 1.55 bits per heavy atom. The normalized spacial score (nSPS) is 40.6. The number of aromatic carboxylic acids is 1. The van der Waals surface area contributed by atoms with Crippen LogP contribution in [0.3, 0.4) is 0 Å². The first-order valence-electron chi connectivity index (χ1n) is 20.2. The highest BCUT2D eigenvalue weighted by Crippen LogP contribution is 2.76. The van der Waals surface area contributed by atoms with Gasteiger partial charge in [-0.1, -0.05) is 65.0 Å². The van der Waals surface area contributed by atoms with Crippen molar-refractivity contribution in [2.75, 3.05) is 45.9 Å². The van der Waals surface area contributed by atoms with Crippen LogP contribution in [0, 0.1) is 51.2 Å². The molecular weight excluding hydrogens is 635 g/mol. The molecule has 9 atom stereocenters. The van der Waals surface area contributed by atoms with E-state index in [0.717, 1.165) is 57.4 Å². The summed E-state index contributed by atoms with van der Waals surface area (Å²) in [6, 6.07) is 7.56. The Labute approximate surface area is 307 Å². The molecule has 280 valence electrons. The fourth-order valence-corrected chi connectivity index (χ4v) is 14.1. The van der Waals surface area contributed by atoms with Crippen LogP contribution < -0.4 is 5.32 Å². The Morgan fingerprint density at radius 1 is 0.863 bits per heavy atom. The number of hydrogen-bond acceptors (Lipinski definition) is 5. The number of carboxylic acids is 1. The number of carbonyl (C=O) groups is 2. The van der Waals surface area contributed by atoms with E-state index in [-0.39, 0.29) is 39.7 Å². The van der Waals surface area contributed by atoms with Crippen LogP contribution in [0.5, 0.6) is 0 Å². The lowest BCUT2D eigenvalue weighted by atomic mass is 9.33. The first-order valence-corrected chi connectivity index (χ1v) is 20.2. The SMILES string of the molecule is C=C(C)[C@@H]1CC[C@]2(NC(=O)CN3CCN(CCO)CC3)CC[C@]3(C)[C@H](CC[C@@H]4[C@@]5(C)CC=C(c6ccc(C(=O)O)cc6)C(C)(C)[C@@H]5CC[C@]43C)[C@@H]12. The predicted molar refractivity (Wildman–Crippen MR) is 204 cm³/mol. The minimum absolute atomic E-state index is 0.00913. The third-order valence-corrected chi connectivity index (χ3v) is 16.7. The van der Waals surface area contributed by atoms with Crippen LogP contribution in [0.4, 0.5) is 0 Å². The van der Waals surface area contributed by atoms with Crippen LogP contribution in [-0.2, 0) is 4.79 Å². The lowest BCUT2D eigenvalue weighted by Crippen LogP contribution is -2.68. The average Bonchev–Trinajstić information content (AvgIpc) is 3.45. The number of benzene rings is 1. The molecule has 6 aliphatic rings. The van der Waals surface area contributed by atoms with Gasteiger partial charge in [0.2, 0.25) is 5.91 Å². The quantitative estimate of drug-likeness (QED) is 0.243. The van der Waals surface area contributed by atoms with E-state index < -0.39 is 5.97 Å². The molecule has 5 aliphatic carbocycles. The first kappa shape index (κ1) is 36.9. The van der Waals surface area contributed by atoms with E-state index in [1.807, 2.05) is 12.1 Å². The third kappa shape index (κ3) is 5.78. The number of nitrogens with zero attached hydrogens (tertiary/aromatic N) is 2. The molecule has 1 aromatic rings. The van der Waals surface area contributed by atoms with Crippen LogP contribution in [0.25, 0.3) is 5.57 Å². The van der Waals surface area contributed by atoms with Gasteiger partial charge in [-0.15, -0.1) is 0 Å². The molecule has 4 saturated carbocycles. The minimum atomic E-state index is -0.874. The predicted octanol–water partition coefficient (Wildman–Crippen LogP) is 7.51. The zero-order valence-electron chi connectivity index (χ0n) is 32.4. The summed E-state index contributed by atoms with van der Waals surface area (Å²) in [6.45, 7) is 24.6. The Morgan fingerprint density at radius 3 is 2.20 bits per heavy atom. The summed E-state index contributed by atoms with van der Waals surface area (Å²) in [5, 5.41) is 22.6. The van der Waals surface area contributed by atoms with E-state index in [1.54, 1.807) is 12.1 Å². The van der Waals surface area contributed by atoms with Gasteiger partial charge in [0.15, 0.2) is 0 Å². The standard InChI is InChI=1S/C44H65N3O4/c1-29(2)32-14-19-44(45-37(49)28-47-24-22-46(23-25-47)26-27-48)21-20-42(6)34(38(32)44)12-13-36-41(5)17-15-33(30-8-10-31(11-9-30)39(50)51)40(3,4)35(41)16-18-43(36,42)7/h8-11,15,32,34-36,38,48H,1,12-14,16-28H2,2-7H3,(H,45,49)(H,50,51)/t32-,34+,35-,36+,38+,41-,42+,43+,44-/m0/s1. The maximum atomic E-state index is 13.9. The van der Waals surface area contributed by atoms with E-state index in [1.165, 1.54) is 43.3 Å². The summed E-state index contributed by atoms with van der Waals surface area (Å²) in [6.07, 6.45) is 13.0. The van der Waals surface area contributed by atoms with Gasteiger partial charge in [0.05, 0.1) is 18.7 Å². The fourth-order valence-electron chi connectivity index (χ4n) is 14.1. The summed E-state index contributed by atoms with van der Waals surface area (Å²) in [5.74, 6) is 1.97. The summed E-state index contributed by atoms with van der Waals surface area (Å²) >= 11 is 0. The molecule has 0 unspecified atom stereocenters. The first-order chi connectivity index (χ1) is 24.1. The van der Waals surface area contributed by atoms with Gasteiger partial charge in [-0.3, -0.25) is 14.6 Å². The zero-order chi connectivity index (χ0) is 36.6. The number of aliphatic hydroxyl groups excluding tert-OH is 1. The molecule has 1 aliphatic heterocycles. The van der Waals surface area contributed by atoms with E-state index >= 15 is 0 Å². The number of nitrogens with one attached hydrogen (secondary N) is 1. The average molecular weight is 700 g/mol. The summed E-state index contributed by atoms with van der Waals surface area (Å²) in [4.78, 5) is 30.1. The molecule has 1 amide bonds. The fraction of sp³-hybridized carbons (Fsp3) is 0.727. The van der Waals surface area contributed by atoms with Gasteiger partial charge in [-0.2, -0.15) is 0 Å². The number of β-amino-alcohol motifs (C(OH)–C–C–N with tert-alkyl or cyclic N) is 1. The van der Waals surface area contributed by atoms with Crippen molar-refractivity contribution >= 4 is 17.4 Å². The van der Waals surface area contributed by atoms with Gasteiger partial charge in [0, 0.05) is 38.3 Å². The number of rotatable bonds is 8. The second-order valence-corrected chi connectivity index (χ2v) is 19.2. The van der Waals surface area contributed by atoms with Crippen molar-refractivity contribution < 1.29 is 19.8 Å². The topological polar surface area (TPSA) is 93.1 Å². The molecular formula is C44H65N3O4. The molecule has 3 N–H and O–H groups in total. The number of hydrogen-bond donors (Lipinski definition) is 3. The maximum Gasteiger partial charge on any atom is 0.335 e. The molecule has 1 heterocycles.